The zero-order chi connectivity index (χ0) is 12.8. The molecule has 0 saturated heterocycles. The van der Waals surface area contributed by atoms with Crippen molar-refractivity contribution in [1.82, 2.24) is 4.90 Å². The first kappa shape index (κ1) is 12.1. The fourth-order valence-electron chi connectivity index (χ4n) is 1.66. The molecule has 0 bridgehead atoms. The molecule has 7 heteroatoms. The molecule has 0 aromatic heterocycles. The third kappa shape index (κ3) is 1.83. The minimum absolute atomic E-state index is 0.199. The number of nitrogens with zero attached hydrogens (tertiary/aromatic N) is 1. The normalized spacial score (nSPS) is 17.2. The van der Waals surface area contributed by atoms with Crippen molar-refractivity contribution in [2.24, 2.45) is 0 Å². The number of amides is 2. The molecule has 5 nitrogen and oxygen atoms in total. The van der Waals surface area contributed by atoms with Gasteiger partial charge in [0.2, 0.25) is 0 Å². The first-order valence-electron chi connectivity index (χ1n) is 4.74. The molecule has 0 spiro atoms. The molecular formula is C10H8ClNO4S. The first-order chi connectivity index (χ1) is 7.84. The molecule has 0 aliphatic carbocycles. The Morgan fingerprint density at radius 1 is 1.12 bits per heavy atom. The van der Waals surface area contributed by atoms with Crippen molar-refractivity contribution in [2.75, 3.05) is 0 Å². The van der Waals surface area contributed by atoms with E-state index in [0.29, 0.717) is 4.90 Å². The second kappa shape index (κ2) is 3.82. The predicted molar refractivity (Wildman–Crippen MR) is 61.2 cm³/mol. The number of halogens is 1. The average molecular weight is 274 g/mol. The van der Waals surface area contributed by atoms with E-state index in [-0.39, 0.29) is 11.1 Å². The number of rotatable bonds is 2. The Morgan fingerprint density at radius 2 is 1.53 bits per heavy atom. The molecule has 1 atom stereocenters. The lowest BCUT2D eigenvalue weighted by atomic mass is 10.1. The largest absolute Gasteiger partial charge is 0.269 e. The molecule has 1 aliphatic rings. The molecule has 2 amide bonds. The Bertz CT molecular complexity index is 575. The van der Waals surface area contributed by atoms with Gasteiger partial charge in [-0.3, -0.25) is 14.5 Å². The van der Waals surface area contributed by atoms with Gasteiger partial charge < -0.3 is 0 Å². The van der Waals surface area contributed by atoms with Gasteiger partial charge in [-0.05, 0) is 19.1 Å². The predicted octanol–water partition coefficient (Wildman–Crippen LogP) is 1.20. The lowest BCUT2D eigenvalue weighted by molar-refractivity contribution is 0.0641. The van der Waals surface area contributed by atoms with Crippen LogP contribution in [0.25, 0.3) is 0 Å². The molecular weight excluding hydrogens is 266 g/mol. The first-order valence-corrected chi connectivity index (χ1v) is 7.11. The maximum atomic E-state index is 11.9. The summed E-state index contributed by atoms with van der Waals surface area (Å²) in [4.78, 5) is 24.4. The highest BCUT2D eigenvalue weighted by atomic mass is 35.7. The van der Waals surface area contributed by atoms with E-state index in [1.807, 2.05) is 0 Å². The number of hydrogen-bond acceptors (Lipinski definition) is 4. The Hall–Kier alpha value is -1.40. The molecule has 1 aromatic rings. The van der Waals surface area contributed by atoms with E-state index in [1.165, 1.54) is 19.1 Å². The van der Waals surface area contributed by atoms with Gasteiger partial charge in [0.25, 0.3) is 20.9 Å². The third-order valence-electron chi connectivity index (χ3n) is 2.60. The highest BCUT2D eigenvalue weighted by Crippen LogP contribution is 2.26. The van der Waals surface area contributed by atoms with E-state index in [2.05, 4.69) is 0 Å². The maximum Gasteiger partial charge on any atom is 0.262 e. The summed E-state index contributed by atoms with van der Waals surface area (Å²) < 4.78 is 22.4. The topological polar surface area (TPSA) is 71.5 Å². The minimum atomic E-state index is -4.01. The van der Waals surface area contributed by atoms with Crippen LogP contribution in [-0.4, -0.2) is 30.5 Å². The van der Waals surface area contributed by atoms with Crippen LogP contribution in [0.1, 0.15) is 27.6 Å². The highest BCUT2D eigenvalue weighted by molar-refractivity contribution is 8.14. The zero-order valence-electron chi connectivity index (χ0n) is 8.75. The smallest absolute Gasteiger partial charge is 0.262 e. The number of fused-ring (bicyclic) bond motifs is 1. The second-order valence-electron chi connectivity index (χ2n) is 3.60. The van der Waals surface area contributed by atoms with E-state index in [0.717, 1.165) is 0 Å². The maximum absolute atomic E-state index is 11.9. The summed E-state index contributed by atoms with van der Waals surface area (Å²) >= 11 is 0. The highest BCUT2D eigenvalue weighted by Gasteiger charge is 2.42. The van der Waals surface area contributed by atoms with E-state index >= 15 is 0 Å². The molecule has 90 valence electrons. The molecule has 2 rings (SSSR count). The fraction of sp³-hybridized carbons (Fsp3) is 0.200. The molecule has 1 aliphatic heterocycles. The van der Waals surface area contributed by atoms with Crippen LogP contribution in [0.5, 0.6) is 0 Å². The van der Waals surface area contributed by atoms with Crippen molar-refractivity contribution in [3.8, 4) is 0 Å². The van der Waals surface area contributed by atoms with Crippen LogP contribution in [0.4, 0.5) is 0 Å². The number of hydrogen-bond donors (Lipinski definition) is 0. The zero-order valence-corrected chi connectivity index (χ0v) is 10.3. The Balaban J connectivity index is 2.51. The van der Waals surface area contributed by atoms with Gasteiger partial charge in [-0.25, -0.2) is 8.42 Å². The van der Waals surface area contributed by atoms with Crippen molar-refractivity contribution in [2.45, 2.75) is 12.3 Å². The number of carbonyl (C=O) groups excluding carboxylic acids is 2. The summed E-state index contributed by atoms with van der Waals surface area (Å²) in [6.45, 7) is 1.20. The van der Waals surface area contributed by atoms with Crippen molar-refractivity contribution in [1.29, 1.82) is 0 Å². The molecule has 0 radical (unpaired) electrons. The van der Waals surface area contributed by atoms with Crippen LogP contribution in [0.15, 0.2) is 24.3 Å². The van der Waals surface area contributed by atoms with Crippen LogP contribution in [0.2, 0.25) is 0 Å². The van der Waals surface area contributed by atoms with E-state index in [4.69, 9.17) is 10.7 Å². The summed E-state index contributed by atoms with van der Waals surface area (Å²) in [6, 6.07) is 6.16. The minimum Gasteiger partial charge on any atom is -0.269 e. The van der Waals surface area contributed by atoms with Gasteiger partial charge in [-0.15, -0.1) is 0 Å². The molecule has 1 heterocycles. The lowest BCUT2D eigenvalue weighted by Crippen LogP contribution is -2.41. The fourth-order valence-corrected chi connectivity index (χ4v) is 2.35. The summed E-state index contributed by atoms with van der Waals surface area (Å²) in [7, 11) is 1.15. The monoisotopic (exact) mass is 273 g/mol. The van der Waals surface area contributed by atoms with Crippen LogP contribution in [-0.2, 0) is 9.05 Å². The second-order valence-corrected chi connectivity index (χ2v) is 6.52. The summed E-state index contributed by atoms with van der Waals surface area (Å²) in [6.07, 6.45) is 0. The van der Waals surface area contributed by atoms with Gasteiger partial charge in [0.15, 0.2) is 5.37 Å². The molecule has 17 heavy (non-hydrogen) atoms. The molecule has 1 unspecified atom stereocenters. The van der Waals surface area contributed by atoms with Crippen molar-refractivity contribution in [3.05, 3.63) is 35.4 Å². The van der Waals surface area contributed by atoms with E-state index < -0.39 is 26.2 Å². The van der Waals surface area contributed by atoms with Gasteiger partial charge in [0, 0.05) is 10.7 Å². The quantitative estimate of drug-likeness (QED) is 0.599. The number of carbonyl (C=O) groups is 2. The molecule has 0 saturated carbocycles. The number of imide groups is 1. The average Bonchev–Trinajstić information content (AvgIpc) is 2.51. The standard InChI is InChI=1S/C10H8ClNO4S/c1-6(17(11,15)16)12-9(13)7-4-2-3-5-8(7)10(12)14/h2-6H,1H3. The van der Waals surface area contributed by atoms with Crippen molar-refractivity contribution < 1.29 is 18.0 Å². The number of benzene rings is 1. The lowest BCUT2D eigenvalue weighted by Gasteiger charge is -2.19. The van der Waals surface area contributed by atoms with E-state index in [9.17, 15) is 18.0 Å². The van der Waals surface area contributed by atoms with Gasteiger partial charge in [0.05, 0.1) is 11.1 Å². The summed E-state index contributed by atoms with van der Waals surface area (Å²) in [5.41, 5.74) is 0.398. The summed E-state index contributed by atoms with van der Waals surface area (Å²) in [5.74, 6) is -1.27. The van der Waals surface area contributed by atoms with Crippen LogP contribution in [0, 0.1) is 0 Å². The Labute approximate surface area is 102 Å². The summed E-state index contributed by atoms with van der Waals surface area (Å²) in [5, 5.41) is -1.38. The van der Waals surface area contributed by atoms with Gasteiger partial charge >= 0.3 is 0 Å². The SMILES string of the molecule is CC(N1C(=O)c2ccccc2C1=O)S(=O)(=O)Cl. The van der Waals surface area contributed by atoms with Crippen molar-refractivity contribution in [3.63, 3.8) is 0 Å². The molecule has 1 aromatic carbocycles. The Morgan fingerprint density at radius 3 is 1.88 bits per heavy atom. The van der Waals surface area contributed by atoms with Gasteiger partial charge in [-0.2, -0.15) is 0 Å². The van der Waals surface area contributed by atoms with Gasteiger partial charge in [0.1, 0.15) is 0 Å². The van der Waals surface area contributed by atoms with Crippen LogP contribution in [0.3, 0.4) is 0 Å². The third-order valence-corrected chi connectivity index (χ3v) is 4.40. The Kier molecular flexibility index (Phi) is 2.71. The van der Waals surface area contributed by atoms with Crippen LogP contribution >= 0.6 is 10.7 Å². The molecule has 0 N–H and O–H groups in total. The van der Waals surface area contributed by atoms with Crippen molar-refractivity contribution >= 4 is 31.5 Å². The van der Waals surface area contributed by atoms with Gasteiger partial charge in [-0.1, -0.05) is 12.1 Å². The van der Waals surface area contributed by atoms with E-state index in [1.54, 1.807) is 12.1 Å². The molecule has 0 fully saturated rings. The van der Waals surface area contributed by atoms with Crippen LogP contribution < -0.4 is 0 Å².